The molecule has 1 atom stereocenters. The number of carboxylic acids is 1. The second-order valence-corrected chi connectivity index (χ2v) is 5.38. The van der Waals surface area contributed by atoms with Crippen LogP contribution in [-0.4, -0.2) is 38.3 Å². The quantitative estimate of drug-likeness (QED) is 0.812. The second kappa shape index (κ2) is 7.53. The minimum Gasteiger partial charge on any atom is -0.481 e. The van der Waals surface area contributed by atoms with Crippen molar-refractivity contribution in [2.45, 2.75) is 26.7 Å². The van der Waals surface area contributed by atoms with Crippen LogP contribution >= 0.6 is 0 Å². The molecule has 0 aliphatic rings. The number of amides is 1. The fraction of sp³-hybridized carbons (Fsp3) is 0.375. The van der Waals surface area contributed by atoms with Crippen molar-refractivity contribution < 1.29 is 14.7 Å². The minimum absolute atomic E-state index is 0.131. The maximum atomic E-state index is 12.2. The van der Waals surface area contributed by atoms with E-state index in [1.807, 2.05) is 13.8 Å². The molecule has 1 aromatic heterocycles. The third-order valence-corrected chi connectivity index (χ3v) is 3.62. The molecule has 0 aliphatic heterocycles. The third-order valence-electron chi connectivity index (χ3n) is 3.62. The van der Waals surface area contributed by atoms with Crippen molar-refractivity contribution in [1.29, 1.82) is 0 Å². The summed E-state index contributed by atoms with van der Waals surface area (Å²) in [6, 6.07) is 5.23. The average molecular weight is 316 g/mol. The van der Waals surface area contributed by atoms with E-state index in [0.29, 0.717) is 12.0 Å². The zero-order chi connectivity index (χ0) is 16.8. The van der Waals surface area contributed by atoms with Gasteiger partial charge in [-0.2, -0.15) is 5.10 Å². The van der Waals surface area contributed by atoms with E-state index in [4.69, 9.17) is 5.11 Å². The summed E-state index contributed by atoms with van der Waals surface area (Å²) in [6.07, 6.45) is 4.34. The number of hydrogen-bond donors (Lipinski definition) is 2. The summed E-state index contributed by atoms with van der Waals surface area (Å²) in [4.78, 5) is 27.2. The largest absolute Gasteiger partial charge is 0.481 e. The lowest BCUT2D eigenvalue weighted by atomic mass is 10.0. The zero-order valence-corrected chi connectivity index (χ0v) is 13.2. The number of rotatable bonds is 7. The highest BCUT2D eigenvalue weighted by molar-refractivity contribution is 5.94. The molecule has 2 N–H and O–H groups in total. The topological polar surface area (TPSA) is 97.1 Å². The number of nitrogens with one attached hydrogen (secondary N) is 1. The number of aliphatic carboxylic acids is 1. The molecule has 7 heteroatoms. The first-order valence-corrected chi connectivity index (χ1v) is 7.49. The molecule has 23 heavy (non-hydrogen) atoms. The van der Waals surface area contributed by atoms with Crippen molar-refractivity contribution in [3.05, 3.63) is 42.0 Å². The average Bonchev–Trinajstić information content (AvgIpc) is 3.04. The van der Waals surface area contributed by atoms with Crippen LogP contribution in [0.15, 0.2) is 30.9 Å². The van der Waals surface area contributed by atoms with Crippen molar-refractivity contribution >= 4 is 11.9 Å². The predicted molar refractivity (Wildman–Crippen MR) is 84.5 cm³/mol. The molecular weight excluding hydrogens is 296 g/mol. The number of aromatic nitrogens is 3. The highest BCUT2D eigenvalue weighted by Crippen LogP contribution is 2.15. The highest BCUT2D eigenvalue weighted by atomic mass is 16.4. The molecule has 0 radical (unpaired) electrons. The first-order chi connectivity index (χ1) is 11.0. The van der Waals surface area contributed by atoms with Gasteiger partial charge in [-0.05, 0) is 37.1 Å². The van der Waals surface area contributed by atoms with Crippen LogP contribution in [0.5, 0.6) is 0 Å². The Kier molecular flexibility index (Phi) is 5.46. The normalized spacial score (nSPS) is 11.9. The van der Waals surface area contributed by atoms with E-state index in [-0.39, 0.29) is 12.5 Å². The number of carboxylic acid groups (broad SMARTS) is 1. The Labute approximate surface area is 134 Å². The maximum Gasteiger partial charge on any atom is 0.308 e. The van der Waals surface area contributed by atoms with Crippen LogP contribution in [0.2, 0.25) is 0 Å². The monoisotopic (exact) mass is 316 g/mol. The van der Waals surface area contributed by atoms with Gasteiger partial charge in [-0.25, -0.2) is 9.67 Å². The SMILES string of the molecule is CCCC(CNC(=O)c1ccc(-n2cncn2)c(C)c1)C(=O)O. The molecule has 0 fully saturated rings. The summed E-state index contributed by atoms with van der Waals surface area (Å²) in [5, 5.41) is 15.9. The summed E-state index contributed by atoms with van der Waals surface area (Å²) < 4.78 is 1.62. The van der Waals surface area contributed by atoms with E-state index in [0.717, 1.165) is 17.7 Å². The van der Waals surface area contributed by atoms with E-state index in [2.05, 4.69) is 15.4 Å². The summed E-state index contributed by atoms with van der Waals surface area (Å²) in [5.41, 5.74) is 2.21. The van der Waals surface area contributed by atoms with Gasteiger partial charge in [0.25, 0.3) is 5.91 Å². The lowest BCUT2D eigenvalue weighted by Crippen LogP contribution is -2.33. The molecule has 0 saturated heterocycles. The predicted octanol–water partition coefficient (Wildman–Crippen LogP) is 1.81. The summed E-state index contributed by atoms with van der Waals surface area (Å²) in [5.74, 6) is -1.72. The van der Waals surface area contributed by atoms with Crippen LogP contribution in [0.25, 0.3) is 5.69 Å². The molecule has 1 heterocycles. The van der Waals surface area contributed by atoms with Gasteiger partial charge in [-0.15, -0.1) is 0 Å². The Balaban J connectivity index is 2.05. The van der Waals surface area contributed by atoms with Crippen LogP contribution in [-0.2, 0) is 4.79 Å². The standard InChI is InChI=1S/C16H20N4O3/c1-3-4-13(16(22)23)8-18-15(21)12-5-6-14(11(2)7-12)20-10-17-9-19-20/h5-7,9-10,13H,3-4,8H2,1-2H3,(H,18,21)(H,22,23). The number of nitrogens with zero attached hydrogens (tertiary/aromatic N) is 3. The Morgan fingerprint density at radius 1 is 1.39 bits per heavy atom. The molecule has 0 saturated carbocycles. The first-order valence-electron chi connectivity index (χ1n) is 7.49. The molecule has 0 aliphatic carbocycles. The van der Waals surface area contributed by atoms with Crippen LogP contribution in [0.3, 0.4) is 0 Å². The highest BCUT2D eigenvalue weighted by Gasteiger charge is 2.18. The van der Waals surface area contributed by atoms with Gasteiger partial charge in [0.2, 0.25) is 0 Å². The Bertz CT molecular complexity index is 683. The van der Waals surface area contributed by atoms with Gasteiger partial charge in [0.15, 0.2) is 0 Å². The molecular formula is C16H20N4O3. The zero-order valence-electron chi connectivity index (χ0n) is 13.2. The number of aryl methyl sites for hydroxylation is 1. The van der Waals surface area contributed by atoms with Gasteiger partial charge in [-0.3, -0.25) is 9.59 Å². The number of hydrogen-bond acceptors (Lipinski definition) is 4. The van der Waals surface area contributed by atoms with Crippen molar-refractivity contribution in [3.63, 3.8) is 0 Å². The summed E-state index contributed by atoms with van der Waals surface area (Å²) in [7, 11) is 0. The molecule has 1 unspecified atom stereocenters. The van der Waals surface area contributed by atoms with Crippen molar-refractivity contribution in [3.8, 4) is 5.69 Å². The fourth-order valence-electron chi connectivity index (χ4n) is 2.37. The van der Waals surface area contributed by atoms with Crippen LogP contribution in [0, 0.1) is 12.8 Å². The van der Waals surface area contributed by atoms with Crippen molar-refractivity contribution in [2.24, 2.45) is 5.92 Å². The van der Waals surface area contributed by atoms with Crippen LogP contribution < -0.4 is 5.32 Å². The first kappa shape index (κ1) is 16.7. The van der Waals surface area contributed by atoms with E-state index >= 15 is 0 Å². The Hall–Kier alpha value is -2.70. The number of benzene rings is 1. The van der Waals surface area contributed by atoms with E-state index < -0.39 is 11.9 Å². The smallest absolute Gasteiger partial charge is 0.308 e. The third kappa shape index (κ3) is 4.15. The molecule has 1 amide bonds. The molecule has 2 aromatic rings. The molecule has 2 rings (SSSR count). The van der Waals surface area contributed by atoms with Crippen molar-refractivity contribution in [2.75, 3.05) is 6.54 Å². The van der Waals surface area contributed by atoms with E-state index in [1.165, 1.54) is 6.33 Å². The summed E-state index contributed by atoms with van der Waals surface area (Å²) >= 11 is 0. The lowest BCUT2D eigenvalue weighted by Gasteiger charge is -2.13. The molecule has 122 valence electrons. The minimum atomic E-state index is -0.884. The van der Waals surface area contributed by atoms with Crippen molar-refractivity contribution in [1.82, 2.24) is 20.1 Å². The molecule has 0 bridgehead atoms. The Morgan fingerprint density at radius 3 is 2.74 bits per heavy atom. The second-order valence-electron chi connectivity index (χ2n) is 5.38. The molecule has 7 nitrogen and oxygen atoms in total. The lowest BCUT2D eigenvalue weighted by molar-refractivity contribution is -0.141. The number of carbonyl (C=O) groups excluding carboxylic acids is 1. The van der Waals surface area contributed by atoms with Crippen LogP contribution in [0.4, 0.5) is 0 Å². The van der Waals surface area contributed by atoms with Gasteiger partial charge in [-0.1, -0.05) is 13.3 Å². The fourth-order valence-corrected chi connectivity index (χ4v) is 2.37. The van der Waals surface area contributed by atoms with E-state index in [9.17, 15) is 9.59 Å². The Morgan fingerprint density at radius 2 is 2.17 bits per heavy atom. The van der Waals surface area contributed by atoms with Gasteiger partial charge in [0, 0.05) is 12.1 Å². The van der Waals surface area contributed by atoms with Gasteiger partial charge < -0.3 is 10.4 Å². The van der Waals surface area contributed by atoms with Gasteiger partial charge in [0.05, 0.1) is 11.6 Å². The summed E-state index contributed by atoms with van der Waals surface area (Å²) in [6.45, 7) is 3.93. The van der Waals surface area contributed by atoms with E-state index in [1.54, 1.807) is 29.2 Å². The van der Waals surface area contributed by atoms with Gasteiger partial charge >= 0.3 is 5.97 Å². The molecule has 0 spiro atoms. The van der Waals surface area contributed by atoms with Gasteiger partial charge in [0.1, 0.15) is 12.7 Å². The van der Waals surface area contributed by atoms with Crippen LogP contribution in [0.1, 0.15) is 35.7 Å². The number of carbonyl (C=O) groups is 2. The maximum absolute atomic E-state index is 12.2. The molecule has 1 aromatic carbocycles.